The molecule has 0 unspecified atom stereocenters. The summed E-state index contributed by atoms with van der Waals surface area (Å²) >= 11 is 0. The van der Waals surface area contributed by atoms with Gasteiger partial charge in [-0.25, -0.2) is 8.42 Å². The number of nitrogens with zero attached hydrogens (tertiary/aromatic N) is 3. The standard InChI is InChI=1S/C22H26N4O5S/c1-16-9-12-24(13-10-16)20-8-3-17(15-21(20)26(28)29)22(27)23-18-4-6-19(7-5-18)25-11-2-14-32(25,30)31/h3-8,15-16H,2,9-14H2,1H3,(H,23,27). The molecular weight excluding hydrogens is 432 g/mol. The van der Waals surface area contributed by atoms with Gasteiger partial charge in [0.15, 0.2) is 0 Å². The lowest BCUT2D eigenvalue weighted by molar-refractivity contribution is -0.384. The molecule has 2 aromatic rings. The minimum Gasteiger partial charge on any atom is -0.366 e. The quantitative estimate of drug-likeness (QED) is 0.541. The minimum absolute atomic E-state index is 0.0817. The van der Waals surface area contributed by atoms with Crippen molar-refractivity contribution >= 4 is 38.7 Å². The molecule has 2 aromatic carbocycles. The van der Waals surface area contributed by atoms with Crippen LogP contribution in [0.3, 0.4) is 0 Å². The van der Waals surface area contributed by atoms with Crippen LogP contribution in [-0.4, -0.2) is 44.6 Å². The molecule has 0 bridgehead atoms. The van der Waals surface area contributed by atoms with E-state index in [1.54, 1.807) is 36.4 Å². The number of piperidine rings is 1. The van der Waals surface area contributed by atoms with Gasteiger partial charge in [0.05, 0.1) is 16.4 Å². The second-order valence-corrected chi connectivity index (χ2v) is 10.4. The Morgan fingerprint density at radius 1 is 1.09 bits per heavy atom. The number of nitrogens with one attached hydrogen (secondary N) is 1. The summed E-state index contributed by atoms with van der Waals surface area (Å²) in [5.74, 6) is 0.275. The van der Waals surface area contributed by atoms with Crippen LogP contribution < -0.4 is 14.5 Å². The third kappa shape index (κ3) is 4.55. The molecule has 0 spiro atoms. The average molecular weight is 459 g/mol. The molecule has 4 rings (SSSR count). The van der Waals surface area contributed by atoms with Crippen molar-refractivity contribution in [3.05, 3.63) is 58.1 Å². The van der Waals surface area contributed by atoms with Crippen molar-refractivity contribution in [3.8, 4) is 0 Å². The highest BCUT2D eigenvalue weighted by Gasteiger charge is 2.28. The van der Waals surface area contributed by atoms with Crippen molar-refractivity contribution in [1.29, 1.82) is 0 Å². The fraction of sp³-hybridized carbons (Fsp3) is 0.409. The first-order valence-electron chi connectivity index (χ1n) is 10.7. The fourth-order valence-corrected chi connectivity index (χ4v) is 5.74. The zero-order chi connectivity index (χ0) is 22.9. The molecule has 0 atom stereocenters. The molecule has 170 valence electrons. The zero-order valence-corrected chi connectivity index (χ0v) is 18.7. The van der Waals surface area contributed by atoms with Gasteiger partial charge in [-0.2, -0.15) is 0 Å². The molecule has 32 heavy (non-hydrogen) atoms. The SMILES string of the molecule is CC1CCN(c2ccc(C(=O)Nc3ccc(N4CCCS4(=O)=O)cc3)cc2[N+](=O)[O-])CC1. The molecule has 0 saturated carbocycles. The Kier molecular flexibility index (Phi) is 6.05. The second kappa shape index (κ2) is 8.78. The monoisotopic (exact) mass is 458 g/mol. The van der Waals surface area contributed by atoms with Gasteiger partial charge in [0, 0.05) is 37.0 Å². The zero-order valence-electron chi connectivity index (χ0n) is 17.9. The Morgan fingerprint density at radius 3 is 2.38 bits per heavy atom. The Hall–Kier alpha value is -3.14. The van der Waals surface area contributed by atoms with E-state index < -0.39 is 20.9 Å². The Morgan fingerprint density at radius 2 is 1.78 bits per heavy atom. The van der Waals surface area contributed by atoms with Crippen molar-refractivity contribution in [2.75, 3.05) is 39.9 Å². The summed E-state index contributed by atoms with van der Waals surface area (Å²) in [6.07, 6.45) is 2.55. The van der Waals surface area contributed by atoms with E-state index in [-0.39, 0.29) is 17.0 Å². The lowest BCUT2D eigenvalue weighted by Gasteiger charge is -2.31. The van der Waals surface area contributed by atoms with Gasteiger partial charge in [0.2, 0.25) is 10.0 Å². The van der Waals surface area contributed by atoms with E-state index in [1.165, 1.54) is 10.4 Å². The number of anilines is 3. The molecule has 1 amide bonds. The molecule has 0 radical (unpaired) electrons. The highest BCUT2D eigenvalue weighted by molar-refractivity contribution is 7.93. The van der Waals surface area contributed by atoms with Crippen molar-refractivity contribution in [2.24, 2.45) is 5.92 Å². The lowest BCUT2D eigenvalue weighted by atomic mass is 9.98. The van der Waals surface area contributed by atoms with Crippen LogP contribution in [0.2, 0.25) is 0 Å². The van der Waals surface area contributed by atoms with E-state index in [1.807, 2.05) is 4.90 Å². The summed E-state index contributed by atoms with van der Waals surface area (Å²) in [4.78, 5) is 25.9. The maximum absolute atomic E-state index is 12.7. The third-order valence-corrected chi connectivity index (χ3v) is 7.94. The number of nitro benzene ring substituents is 1. The predicted molar refractivity (Wildman–Crippen MR) is 124 cm³/mol. The minimum atomic E-state index is -3.27. The van der Waals surface area contributed by atoms with E-state index >= 15 is 0 Å². The molecule has 0 aliphatic carbocycles. The van der Waals surface area contributed by atoms with Crippen molar-refractivity contribution in [1.82, 2.24) is 0 Å². The van der Waals surface area contributed by atoms with Crippen LogP contribution >= 0.6 is 0 Å². The van der Waals surface area contributed by atoms with Gasteiger partial charge in [0.1, 0.15) is 5.69 Å². The third-order valence-electron chi connectivity index (χ3n) is 6.07. The van der Waals surface area contributed by atoms with Gasteiger partial charge in [-0.3, -0.25) is 19.2 Å². The smallest absolute Gasteiger partial charge is 0.293 e. The molecule has 9 nitrogen and oxygen atoms in total. The van der Waals surface area contributed by atoms with Gasteiger partial charge in [0.25, 0.3) is 11.6 Å². The van der Waals surface area contributed by atoms with Crippen LogP contribution in [0.4, 0.5) is 22.7 Å². The van der Waals surface area contributed by atoms with E-state index in [0.717, 1.165) is 25.9 Å². The van der Waals surface area contributed by atoms with Gasteiger partial charge in [-0.1, -0.05) is 6.92 Å². The summed E-state index contributed by atoms with van der Waals surface area (Å²) in [5, 5.41) is 14.4. The summed E-state index contributed by atoms with van der Waals surface area (Å²) in [6, 6.07) is 11.1. The van der Waals surface area contributed by atoms with Crippen molar-refractivity contribution in [3.63, 3.8) is 0 Å². The molecule has 0 aromatic heterocycles. The summed E-state index contributed by atoms with van der Waals surface area (Å²) in [7, 11) is -3.27. The number of sulfonamides is 1. The molecular formula is C22H26N4O5S. The number of hydrogen-bond acceptors (Lipinski definition) is 6. The lowest BCUT2D eigenvalue weighted by Crippen LogP contribution is -2.33. The number of hydrogen-bond donors (Lipinski definition) is 1. The molecule has 1 N–H and O–H groups in total. The number of carbonyl (C=O) groups excluding carboxylic acids is 1. The maximum atomic E-state index is 12.7. The Bertz CT molecular complexity index is 1130. The van der Waals surface area contributed by atoms with Crippen LogP contribution in [0.25, 0.3) is 0 Å². The summed E-state index contributed by atoms with van der Waals surface area (Å²) in [5.41, 5.74) is 1.68. The number of nitro groups is 1. The molecule has 10 heteroatoms. The molecule has 2 fully saturated rings. The number of benzene rings is 2. The number of amides is 1. The largest absolute Gasteiger partial charge is 0.366 e. The first kappa shape index (κ1) is 22.1. The van der Waals surface area contributed by atoms with Crippen LogP contribution in [0.5, 0.6) is 0 Å². The maximum Gasteiger partial charge on any atom is 0.293 e. The highest BCUT2D eigenvalue weighted by Crippen LogP contribution is 2.33. The van der Waals surface area contributed by atoms with Crippen LogP contribution in [0, 0.1) is 16.0 Å². The Labute approximate surface area is 187 Å². The van der Waals surface area contributed by atoms with E-state index in [9.17, 15) is 23.3 Å². The highest BCUT2D eigenvalue weighted by atomic mass is 32.2. The average Bonchev–Trinajstić information content (AvgIpc) is 3.13. The topological polar surface area (TPSA) is 113 Å². The molecule has 2 aliphatic rings. The second-order valence-electron chi connectivity index (χ2n) is 8.37. The van der Waals surface area contributed by atoms with Gasteiger partial charge in [-0.05, 0) is 61.6 Å². The summed E-state index contributed by atoms with van der Waals surface area (Å²) < 4.78 is 25.5. The normalized spacial score (nSPS) is 18.5. The predicted octanol–water partition coefficient (Wildman–Crippen LogP) is 3.62. The summed E-state index contributed by atoms with van der Waals surface area (Å²) in [6.45, 7) is 4.13. The van der Waals surface area contributed by atoms with E-state index in [0.29, 0.717) is 35.9 Å². The molecule has 2 heterocycles. The Balaban J connectivity index is 1.49. The number of carbonyl (C=O) groups is 1. The van der Waals surface area contributed by atoms with Gasteiger partial charge >= 0.3 is 0 Å². The number of rotatable bonds is 5. The van der Waals surface area contributed by atoms with Gasteiger partial charge in [-0.15, -0.1) is 0 Å². The van der Waals surface area contributed by atoms with Crippen molar-refractivity contribution in [2.45, 2.75) is 26.2 Å². The van der Waals surface area contributed by atoms with E-state index in [4.69, 9.17) is 0 Å². The van der Waals surface area contributed by atoms with Crippen LogP contribution in [0.15, 0.2) is 42.5 Å². The van der Waals surface area contributed by atoms with Crippen LogP contribution in [0.1, 0.15) is 36.5 Å². The van der Waals surface area contributed by atoms with Gasteiger partial charge < -0.3 is 10.2 Å². The van der Waals surface area contributed by atoms with Crippen molar-refractivity contribution < 1.29 is 18.1 Å². The first-order valence-corrected chi connectivity index (χ1v) is 12.3. The first-order chi connectivity index (χ1) is 15.2. The molecule has 2 saturated heterocycles. The molecule has 2 aliphatic heterocycles. The fourth-order valence-electron chi connectivity index (χ4n) is 4.17. The van der Waals surface area contributed by atoms with E-state index in [2.05, 4.69) is 12.2 Å². The van der Waals surface area contributed by atoms with Crippen LogP contribution in [-0.2, 0) is 10.0 Å².